The largest absolute Gasteiger partial charge is 0.362 e. The molecule has 136 valence electrons. The Morgan fingerprint density at radius 2 is 1.88 bits per heavy atom. The van der Waals surface area contributed by atoms with Gasteiger partial charge in [0.05, 0.1) is 4.90 Å². The zero-order chi connectivity index (χ0) is 17.9. The lowest BCUT2D eigenvalue weighted by atomic mass is 10.0. The number of anilines is 1. The highest BCUT2D eigenvalue weighted by Crippen LogP contribution is 2.28. The zero-order valence-corrected chi connectivity index (χ0v) is 15.4. The lowest BCUT2D eigenvalue weighted by molar-refractivity contribution is -0.117. The molecule has 7 heteroatoms. The maximum Gasteiger partial charge on any atom is 0.283 e. The Morgan fingerprint density at radius 3 is 2.48 bits per heavy atom. The minimum absolute atomic E-state index is 0.00432. The van der Waals surface area contributed by atoms with E-state index >= 15 is 0 Å². The third-order valence-corrected chi connectivity index (χ3v) is 6.26. The molecular formula is C18H25N3O3S. The minimum Gasteiger partial charge on any atom is -0.362 e. The van der Waals surface area contributed by atoms with Crippen LogP contribution in [-0.4, -0.2) is 38.7 Å². The Hall–Kier alpha value is -1.89. The fourth-order valence-electron chi connectivity index (χ4n) is 3.50. The van der Waals surface area contributed by atoms with Gasteiger partial charge in [-0.1, -0.05) is 12.8 Å². The highest BCUT2D eigenvalue weighted by Gasteiger charge is 2.21. The van der Waals surface area contributed by atoms with E-state index in [0.717, 1.165) is 25.8 Å². The fraction of sp³-hybridized carbons (Fsp3) is 0.556. The standard InChI is InChI=1S/C18H25N3O3S/c1-21-12-4-7-17(21)20-25(23,24)16-10-8-15(9-11-16)19-18(22)13-14-5-2-3-6-14/h8-11,14H,2-7,12-13H2,1H3,(H,19,22)/b20-17+. The summed E-state index contributed by atoms with van der Waals surface area (Å²) in [6.45, 7) is 0.834. The molecule has 0 spiro atoms. The molecule has 0 unspecified atom stereocenters. The van der Waals surface area contributed by atoms with Gasteiger partial charge >= 0.3 is 0 Å². The first kappa shape index (κ1) is 17.9. The van der Waals surface area contributed by atoms with Gasteiger partial charge in [-0.15, -0.1) is 4.40 Å². The lowest BCUT2D eigenvalue weighted by Gasteiger charge is -2.11. The first-order valence-electron chi connectivity index (χ1n) is 8.89. The van der Waals surface area contributed by atoms with E-state index in [1.165, 1.54) is 25.0 Å². The second-order valence-corrected chi connectivity index (χ2v) is 8.54. The van der Waals surface area contributed by atoms with Crippen LogP contribution in [0.15, 0.2) is 33.6 Å². The van der Waals surface area contributed by atoms with Crippen LogP contribution in [0.3, 0.4) is 0 Å². The Balaban J connectivity index is 1.64. The Kier molecular flexibility index (Phi) is 5.42. The molecule has 0 bridgehead atoms. The molecular weight excluding hydrogens is 338 g/mol. The van der Waals surface area contributed by atoms with E-state index < -0.39 is 10.0 Å². The van der Waals surface area contributed by atoms with Gasteiger partial charge in [0.15, 0.2) is 0 Å². The fourth-order valence-corrected chi connectivity index (χ4v) is 4.59. The summed E-state index contributed by atoms with van der Waals surface area (Å²) in [4.78, 5) is 14.1. The summed E-state index contributed by atoms with van der Waals surface area (Å²) in [5.41, 5.74) is 0.618. The maximum absolute atomic E-state index is 12.4. The number of nitrogens with one attached hydrogen (secondary N) is 1. The van der Waals surface area contributed by atoms with Crippen LogP contribution in [0.4, 0.5) is 5.69 Å². The summed E-state index contributed by atoms with van der Waals surface area (Å²) in [7, 11) is -1.86. The molecule has 6 nitrogen and oxygen atoms in total. The molecule has 3 rings (SSSR count). The molecule has 25 heavy (non-hydrogen) atoms. The predicted molar refractivity (Wildman–Crippen MR) is 98.1 cm³/mol. The third-order valence-electron chi connectivity index (χ3n) is 4.94. The summed E-state index contributed by atoms with van der Waals surface area (Å²) >= 11 is 0. The maximum atomic E-state index is 12.4. The second kappa shape index (κ2) is 7.56. The summed E-state index contributed by atoms with van der Waals surface area (Å²) in [5, 5.41) is 2.85. The van der Waals surface area contributed by atoms with Crippen LogP contribution in [0.25, 0.3) is 0 Å². The lowest BCUT2D eigenvalue weighted by Crippen LogP contribution is -2.20. The molecule has 1 N–H and O–H groups in total. The number of amides is 1. The van der Waals surface area contributed by atoms with Gasteiger partial charge in [0.1, 0.15) is 5.84 Å². The topological polar surface area (TPSA) is 78.8 Å². The molecule has 1 aromatic rings. The van der Waals surface area contributed by atoms with Crippen LogP contribution in [0.5, 0.6) is 0 Å². The van der Waals surface area contributed by atoms with Gasteiger partial charge in [0.25, 0.3) is 10.0 Å². The number of benzene rings is 1. The molecule has 0 radical (unpaired) electrons. The first-order valence-corrected chi connectivity index (χ1v) is 10.3. The average Bonchev–Trinajstić information content (AvgIpc) is 3.20. The Morgan fingerprint density at radius 1 is 1.20 bits per heavy atom. The molecule has 1 saturated heterocycles. The van der Waals surface area contributed by atoms with Gasteiger partial charge in [-0.05, 0) is 49.4 Å². The van der Waals surface area contributed by atoms with Crippen LogP contribution in [0, 0.1) is 5.92 Å². The van der Waals surface area contributed by atoms with Crippen molar-refractivity contribution in [1.29, 1.82) is 0 Å². The van der Waals surface area contributed by atoms with Crippen LogP contribution < -0.4 is 5.32 Å². The van der Waals surface area contributed by atoms with E-state index in [1.807, 2.05) is 11.9 Å². The van der Waals surface area contributed by atoms with E-state index in [1.54, 1.807) is 12.1 Å². The SMILES string of the molecule is CN1CCC/C1=N\S(=O)(=O)c1ccc(NC(=O)CC2CCCC2)cc1. The highest BCUT2D eigenvalue weighted by atomic mass is 32.2. The van der Waals surface area contributed by atoms with Crippen molar-refractivity contribution >= 4 is 27.5 Å². The van der Waals surface area contributed by atoms with Gasteiger partial charge < -0.3 is 10.2 Å². The van der Waals surface area contributed by atoms with Gasteiger partial charge in [0, 0.05) is 32.1 Å². The predicted octanol–water partition coefficient (Wildman–Crippen LogP) is 3.02. The number of sulfonamides is 1. The zero-order valence-electron chi connectivity index (χ0n) is 14.6. The van der Waals surface area contributed by atoms with Crippen molar-refractivity contribution in [3.8, 4) is 0 Å². The summed E-state index contributed by atoms with van der Waals surface area (Å²) in [6.07, 6.45) is 6.82. The molecule has 1 saturated carbocycles. The summed E-state index contributed by atoms with van der Waals surface area (Å²) in [5.74, 6) is 1.09. The normalized spacial score (nSPS) is 20.4. The van der Waals surface area contributed by atoms with Crippen molar-refractivity contribution in [3.63, 3.8) is 0 Å². The second-order valence-electron chi connectivity index (χ2n) is 6.93. The Bertz CT molecular complexity index is 750. The van der Waals surface area contributed by atoms with E-state index in [-0.39, 0.29) is 10.8 Å². The third kappa shape index (κ3) is 4.60. The molecule has 0 aromatic heterocycles. The van der Waals surface area contributed by atoms with Crippen LogP contribution >= 0.6 is 0 Å². The van der Waals surface area contributed by atoms with Crippen molar-refractivity contribution in [2.24, 2.45) is 10.3 Å². The molecule has 1 aliphatic heterocycles. The van der Waals surface area contributed by atoms with Crippen LogP contribution in [0.1, 0.15) is 44.9 Å². The van der Waals surface area contributed by atoms with E-state index in [4.69, 9.17) is 0 Å². The highest BCUT2D eigenvalue weighted by molar-refractivity contribution is 7.90. The van der Waals surface area contributed by atoms with E-state index in [9.17, 15) is 13.2 Å². The number of carbonyl (C=O) groups excluding carboxylic acids is 1. The molecule has 2 aliphatic rings. The monoisotopic (exact) mass is 363 g/mol. The molecule has 0 atom stereocenters. The summed E-state index contributed by atoms with van der Waals surface area (Å²) < 4.78 is 28.7. The molecule has 1 heterocycles. The first-order chi connectivity index (χ1) is 11.9. The van der Waals surface area contributed by atoms with Gasteiger partial charge in [-0.25, -0.2) is 0 Å². The van der Waals surface area contributed by atoms with Crippen molar-refractivity contribution < 1.29 is 13.2 Å². The van der Waals surface area contributed by atoms with Gasteiger partial charge in [0.2, 0.25) is 5.91 Å². The molecule has 1 aliphatic carbocycles. The number of carbonyl (C=O) groups is 1. The van der Waals surface area contributed by atoms with E-state index in [0.29, 0.717) is 30.3 Å². The number of likely N-dealkylation sites (tertiary alicyclic amines) is 1. The smallest absolute Gasteiger partial charge is 0.283 e. The number of nitrogens with zero attached hydrogens (tertiary/aromatic N) is 2. The Labute approximate surface area is 149 Å². The van der Waals surface area contributed by atoms with E-state index in [2.05, 4.69) is 9.71 Å². The average molecular weight is 363 g/mol. The van der Waals surface area contributed by atoms with Crippen molar-refractivity contribution in [2.45, 2.75) is 49.8 Å². The van der Waals surface area contributed by atoms with Crippen molar-refractivity contribution in [1.82, 2.24) is 4.90 Å². The van der Waals surface area contributed by atoms with Crippen molar-refractivity contribution in [3.05, 3.63) is 24.3 Å². The number of amidine groups is 1. The number of hydrogen-bond donors (Lipinski definition) is 1. The number of rotatable bonds is 5. The number of hydrogen-bond acceptors (Lipinski definition) is 3. The van der Waals surface area contributed by atoms with Gasteiger partial charge in [-0.3, -0.25) is 4.79 Å². The van der Waals surface area contributed by atoms with Crippen LogP contribution in [0.2, 0.25) is 0 Å². The van der Waals surface area contributed by atoms with Crippen molar-refractivity contribution in [2.75, 3.05) is 18.9 Å². The summed E-state index contributed by atoms with van der Waals surface area (Å²) in [6, 6.07) is 6.25. The van der Waals surface area contributed by atoms with Gasteiger partial charge in [-0.2, -0.15) is 8.42 Å². The molecule has 2 fully saturated rings. The quantitative estimate of drug-likeness (QED) is 0.872. The molecule has 1 amide bonds. The molecule has 1 aromatic carbocycles. The van der Waals surface area contributed by atoms with Crippen LogP contribution in [-0.2, 0) is 14.8 Å². The minimum atomic E-state index is -3.71.